The highest BCUT2D eigenvalue weighted by Crippen LogP contribution is 2.19. The fourth-order valence-electron chi connectivity index (χ4n) is 3.64. The van der Waals surface area contributed by atoms with Crippen molar-refractivity contribution < 1.29 is 0 Å². The Bertz CT molecular complexity index is 724. The molecule has 1 aromatic carbocycles. The first-order chi connectivity index (χ1) is 12.1. The smallest absolute Gasteiger partial charge is 0.191 e. The minimum absolute atomic E-state index is 0. The van der Waals surface area contributed by atoms with Crippen molar-refractivity contribution >= 4 is 40.8 Å². The van der Waals surface area contributed by atoms with Crippen LogP contribution in [0.15, 0.2) is 35.5 Å². The standard InChI is InChI=1S/C20H31N5.HI/c1-14(2)25-12-15(3)19(13-25)24-20(21-4)22-10-9-16-11-23-18-8-6-5-7-17(16)18;/h5-8,11,14-15,19,23H,9-10,12-13H2,1-4H3,(H2,21,22,24);1H. The largest absolute Gasteiger partial charge is 0.361 e. The van der Waals surface area contributed by atoms with Crippen LogP contribution in [0.2, 0.25) is 0 Å². The van der Waals surface area contributed by atoms with Gasteiger partial charge in [-0.3, -0.25) is 9.89 Å². The third-order valence-corrected chi connectivity index (χ3v) is 5.28. The van der Waals surface area contributed by atoms with Crippen LogP contribution in [0.25, 0.3) is 10.9 Å². The molecule has 1 fully saturated rings. The molecule has 2 atom stereocenters. The fourth-order valence-corrected chi connectivity index (χ4v) is 3.64. The Morgan fingerprint density at radius 2 is 2.08 bits per heavy atom. The summed E-state index contributed by atoms with van der Waals surface area (Å²) in [5.74, 6) is 1.54. The maximum atomic E-state index is 4.41. The average Bonchev–Trinajstić information content (AvgIpc) is 3.18. The molecule has 1 aliphatic heterocycles. The first-order valence-electron chi connectivity index (χ1n) is 9.34. The van der Waals surface area contributed by atoms with Gasteiger partial charge in [-0.25, -0.2) is 0 Å². The molecule has 144 valence electrons. The average molecular weight is 469 g/mol. The first-order valence-corrected chi connectivity index (χ1v) is 9.34. The SMILES string of the molecule is CN=C(NCCc1c[nH]c2ccccc12)NC1CN(C(C)C)CC1C.I. The number of nitrogens with zero attached hydrogens (tertiary/aromatic N) is 2. The minimum Gasteiger partial charge on any atom is -0.361 e. The summed E-state index contributed by atoms with van der Waals surface area (Å²) >= 11 is 0. The molecule has 2 unspecified atom stereocenters. The van der Waals surface area contributed by atoms with E-state index in [-0.39, 0.29) is 24.0 Å². The van der Waals surface area contributed by atoms with Crippen LogP contribution in [-0.2, 0) is 6.42 Å². The third kappa shape index (κ3) is 4.91. The molecule has 6 heteroatoms. The Hall–Kier alpha value is -1.28. The van der Waals surface area contributed by atoms with E-state index in [0.29, 0.717) is 18.0 Å². The number of hydrogen-bond donors (Lipinski definition) is 3. The van der Waals surface area contributed by atoms with Crippen LogP contribution >= 0.6 is 24.0 Å². The molecule has 0 bridgehead atoms. The van der Waals surface area contributed by atoms with Crippen molar-refractivity contribution in [2.45, 2.75) is 39.3 Å². The van der Waals surface area contributed by atoms with Crippen molar-refractivity contribution in [3.63, 3.8) is 0 Å². The summed E-state index contributed by atoms with van der Waals surface area (Å²) in [7, 11) is 1.85. The predicted octanol–water partition coefficient (Wildman–Crippen LogP) is 3.22. The Labute approximate surface area is 174 Å². The van der Waals surface area contributed by atoms with Crippen molar-refractivity contribution in [2.75, 3.05) is 26.7 Å². The summed E-state index contributed by atoms with van der Waals surface area (Å²) < 4.78 is 0. The molecule has 1 saturated heterocycles. The van der Waals surface area contributed by atoms with Gasteiger partial charge >= 0.3 is 0 Å². The van der Waals surface area contributed by atoms with E-state index < -0.39 is 0 Å². The molecule has 0 spiro atoms. The molecule has 0 amide bonds. The number of benzene rings is 1. The number of halogens is 1. The first kappa shape index (κ1) is 21.0. The molecule has 2 heterocycles. The van der Waals surface area contributed by atoms with Crippen LogP contribution < -0.4 is 10.6 Å². The second kappa shape index (κ2) is 9.60. The maximum Gasteiger partial charge on any atom is 0.191 e. The van der Waals surface area contributed by atoms with E-state index in [1.807, 2.05) is 7.05 Å². The van der Waals surface area contributed by atoms with Gasteiger partial charge in [0.15, 0.2) is 5.96 Å². The van der Waals surface area contributed by atoms with Crippen LogP contribution in [-0.4, -0.2) is 54.6 Å². The number of guanidine groups is 1. The lowest BCUT2D eigenvalue weighted by molar-refractivity contribution is 0.265. The van der Waals surface area contributed by atoms with Gasteiger partial charge in [0.2, 0.25) is 0 Å². The van der Waals surface area contributed by atoms with Crippen LogP contribution in [0.3, 0.4) is 0 Å². The van der Waals surface area contributed by atoms with Crippen molar-refractivity contribution in [1.82, 2.24) is 20.5 Å². The molecule has 3 N–H and O–H groups in total. The normalized spacial score (nSPS) is 21.2. The Morgan fingerprint density at radius 3 is 2.77 bits per heavy atom. The van der Waals surface area contributed by atoms with E-state index in [0.717, 1.165) is 32.0 Å². The lowest BCUT2D eigenvalue weighted by Gasteiger charge is -2.22. The number of aromatic nitrogens is 1. The van der Waals surface area contributed by atoms with E-state index in [4.69, 9.17) is 0 Å². The fraction of sp³-hybridized carbons (Fsp3) is 0.550. The van der Waals surface area contributed by atoms with Gasteiger partial charge in [-0.2, -0.15) is 0 Å². The number of H-pyrrole nitrogens is 1. The Balaban J connectivity index is 0.00000243. The minimum atomic E-state index is 0. The van der Waals surface area contributed by atoms with E-state index in [2.05, 4.69) is 76.7 Å². The zero-order valence-corrected chi connectivity index (χ0v) is 18.6. The Morgan fingerprint density at radius 1 is 1.31 bits per heavy atom. The van der Waals surface area contributed by atoms with Crippen molar-refractivity contribution in [2.24, 2.45) is 10.9 Å². The molecule has 0 radical (unpaired) electrons. The van der Waals surface area contributed by atoms with Crippen LogP contribution in [0, 0.1) is 5.92 Å². The number of likely N-dealkylation sites (tertiary alicyclic amines) is 1. The van der Waals surface area contributed by atoms with Gasteiger partial charge in [-0.05, 0) is 37.8 Å². The second-order valence-corrected chi connectivity index (χ2v) is 7.38. The van der Waals surface area contributed by atoms with E-state index in [1.54, 1.807) is 0 Å². The quantitative estimate of drug-likeness (QED) is 0.358. The van der Waals surface area contributed by atoms with Gasteiger partial charge in [-0.1, -0.05) is 25.1 Å². The summed E-state index contributed by atoms with van der Waals surface area (Å²) in [6.07, 6.45) is 3.09. The van der Waals surface area contributed by atoms with Gasteiger partial charge < -0.3 is 15.6 Å². The number of aromatic amines is 1. The number of rotatable bonds is 5. The van der Waals surface area contributed by atoms with Crippen molar-refractivity contribution in [1.29, 1.82) is 0 Å². The summed E-state index contributed by atoms with van der Waals surface area (Å²) in [5, 5.41) is 8.39. The van der Waals surface area contributed by atoms with Crippen LogP contribution in [0.5, 0.6) is 0 Å². The maximum absolute atomic E-state index is 4.41. The summed E-state index contributed by atoms with van der Waals surface area (Å²) in [5.41, 5.74) is 2.55. The highest BCUT2D eigenvalue weighted by atomic mass is 127. The van der Waals surface area contributed by atoms with Gasteiger partial charge in [0, 0.05) is 55.9 Å². The molecule has 1 aromatic heterocycles. The highest BCUT2D eigenvalue weighted by Gasteiger charge is 2.31. The lowest BCUT2D eigenvalue weighted by Crippen LogP contribution is -2.47. The van der Waals surface area contributed by atoms with Crippen LogP contribution in [0.4, 0.5) is 0 Å². The van der Waals surface area contributed by atoms with E-state index >= 15 is 0 Å². The number of aliphatic imine (C=N–C) groups is 1. The van der Waals surface area contributed by atoms with Gasteiger partial charge in [0.25, 0.3) is 0 Å². The zero-order valence-electron chi connectivity index (χ0n) is 16.2. The second-order valence-electron chi connectivity index (χ2n) is 7.38. The van der Waals surface area contributed by atoms with Crippen LogP contribution in [0.1, 0.15) is 26.3 Å². The number of fused-ring (bicyclic) bond motifs is 1. The molecule has 2 aromatic rings. The topological polar surface area (TPSA) is 55.5 Å². The highest BCUT2D eigenvalue weighted by molar-refractivity contribution is 14.0. The third-order valence-electron chi connectivity index (χ3n) is 5.28. The Kier molecular flexibility index (Phi) is 7.76. The number of para-hydroxylation sites is 1. The number of hydrogen-bond acceptors (Lipinski definition) is 2. The van der Waals surface area contributed by atoms with Gasteiger partial charge in [0.1, 0.15) is 0 Å². The predicted molar refractivity (Wildman–Crippen MR) is 122 cm³/mol. The molecule has 26 heavy (non-hydrogen) atoms. The summed E-state index contributed by atoms with van der Waals surface area (Å²) in [6.45, 7) is 9.96. The van der Waals surface area contributed by atoms with Crippen molar-refractivity contribution in [3.05, 3.63) is 36.0 Å². The molecule has 1 aliphatic rings. The molecular formula is C20H32IN5. The van der Waals surface area contributed by atoms with Gasteiger partial charge in [-0.15, -0.1) is 24.0 Å². The molecule has 0 aliphatic carbocycles. The number of nitrogens with one attached hydrogen (secondary N) is 3. The zero-order chi connectivity index (χ0) is 17.8. The summed E-state index contributed by atoms with van der Waals surface area (Å²) in [6, 6.07) is 9.52. The summed E-state index contributed by atoms with van der Waals surface area (Å²) in [4.78, 5) is 10.3. The van der Waals surface area contributed by atoms with Crippen molar-refractivity contribution in [3.8, 4) is 0 Å². The molecule has 5 nitrogen and oxygen atoms in total. The monoisotopic (exact) mass is 469 g/mol. The van der Waals surface area contributed by atoms with E-state index in [9.17, 15) is 0 Å². The van der Waals surface area contributed by atoms with E-state index in [1.165, 1.54) is 16.5 Å². The molecule has 3 rings (SSSR count). The van der Waals surface area contributed by atoms with Gasteiger partial charge in [0.05, 0.1) is 0 Å². The molecule has 0 saturated carbocycles. The molecular weight excluding hydrogens is 437 g/mol. The lowest BCUT2D eigenvalue weighted by atomic mass is 10.1.